The molecule has 21 heavy (non-hydrogen) atoms. The summed E-state index contributed by atoms with van der Waals surface area (Å²) in [5, 5.41) is 12.3. The quantitative estimate of drug-likeness (QED) is 0.919. The van der Waals surface area contributed by atoms with E-state index in [4.69, 9.17) is 16.9 Å². The minimum atomic E-state index is 0.00862. The van der Waals surface area contributed by atoms with Gasteiger partial charge in [-0.2, -0.15) is 5.26 Å². The molecule has 1 N–H and O–H groups in total. The normalized spacial score (nSPS) is 9.90. The third kappa shape index (κ3) is 4.94. The van der Waals surface area contributed by atoms with Crippen molar-refractivity contribution >= 4 is 17.5 Å². The van der Waals surface area contributed by atoms with Crippen LogP contribution in [0.5, 0.6) is 0 Å². The third-order valence-corrected chi connectivity index (χ3v) is 3.38. The molecule has 0 radical (unpaired) electrons. The second kappa shape index (κ2) is 7.47. The lowest BCUT2D eigenvalue weighted by Gasteiger charge is -2.06. The van der Waals surface area contributed by atoms with Crippen LogP contribution < -0.4 is 5.32 Å². The van der Waals surface area contributed by atoms with E-state index in [0.29, 0.717) is 30.0 Å². The number of amides is 1. The number of nitriles is 1. The lowest BCUT2D eigenvalue weighted by atomic mass is 10.1. The van der Waals surface area contributed by atoms with E-state index in [9.17, 15) is 4.79 Å². The molecule has 1 amide bonds. The first-order valence-corrected chi connectivity index (χ1v) is 7.05. The fraction of sp³-hybridized carbons (Fsp3) is 0.176. The molecule has 4 heteroatoms. The van der Waals surface area contributed by atoms with Crippen molar-refractivity contribution in [3.8, 4) is 6.07 Å². The number of hydrogen-bond donors (Lipinski definition) is 1. The zero-order chi connectivity index (χ0) is 15.1. The fourth-order valence-corrected chi connectivity index (χ4v) is 2.02. The van der Waals surface area contributed by atoms with E-state index in [1.165, 1.54) is 0 Å². The smallest absolute Gasteiger partial charge is 0.220 e. The van der Waals surface area contributed by atoms with Crippen LogP contribution in [-0.2, 0) is 17.8 Å². The van der Waals surface area contributed by atoms with Crippen molar-refractivity contribution in [3.63, 3.8) is 0 Å². The van der Waals surface area contributed by atoms with E-state index in [0.717, 1.165) is 11.1 Å². The first-order chi connectivity index (χ1) is 10.2. The maximum Gasteiger partial charge on any atom is 0.220 e. The maximum absolute atomic E-state index is 11.8. The summed E-state index contributed by atoms with van der Waals surface area (Å²) in [7, 11) is 0. The van der Waals surface area contributed by atoms with Crippen molar-refractivity contribution in [3.05, 3.63) is 70.2 Å². The molecule has 0 saturated heterocycles. The van der Waals surface area contributed by atoms with Crippen LogP contribution in [0.4, 0.5) is 0 Å². The van der Waals surface area contributed by atoms with E-state index in [2.05, 4.69) is 11.4 Å². The van der Waals surface area contributed by atoms with Gasteiger partial charge in [-0.25, -0.2) is 0 Å². The standard InChI is InChI=1S/C17H15ClN2O/c18-16-8-5-15(6-9-16)12-20-17(21)10-7-13-1-3-14(11-19)4-2-13/h1-6,8-9H,7,10,12H2,(H,20,21). The van der Waals surface area contributed by atoms with Crippen LogP contribution in [0.2, 0.25) is 5.02 Å². The van der Waals surface area contributed by atoms with E-state index < -0.39 is 0 Å². The molecule has 0 spiro atoms. The Labute approximate surface area is 129 Å². The Morgan fingerprint density at radius 3 is 2.29 bits per heavy atom. The average Bonchev–Trinajstić information content (AvgIpc) is 2.53. The van der Waals surface area contributed by atoms with Gasteiger partial charge in [0.1, 0.15) is 0 Å². The van der Waals surface area contributed by atoms with Gasteiger partial charge in [0.05, 0.1) is 11.6 Å². The molecule has 0 aliphatic rings. The molecule has 0 heterocycles. The number of rotatable bonds is 5. The van der Waals surface area contributed by atoms with Crippen molar-refractivity contribution in [1.29, 1.82) is 5.26 Å². The highest BCUT2D eigenvalue weighted by Crippen LogP contribution is 2.09. The van der Waals surface area contributed by atoms with Crippen molar-refractivity contribution in [2.75, 3.05) is 0 Å². The van der Waals surface area contributed by atoms with Gasteiger partial charge in [-0.1, -0.05) is 35.9 Å². The minimum absolute atomic E-state index is 0.00862. The molecule has 0 unspecified atom stereocenters. The van der Waals surface area contributed by atoms with Crippen LogP contribution in [0.1, 0.15) is 23.1 Å². The Kier molecular flexibility index (Phi) is 5.36. The summed E-state index contributed by atoms with van der Waals surface area (Å²) in [5.41, 5.74) is 2.70. The molecule has 0 bridgehead atoms. The average molecular weight is 299 g/mol. The number of benzene rings is 2. The van der Waals surface area contributed by atoms with Crippen molar-refractivity contribution in [1.82, 2.24) is 5.32 Å². The molecule has 2 aromatic carbocycles. The molecule has 106 valence electrons. The number of halogens is 1. The number of carbonyl (C=O) groups excluding carboxylic acids is 1. The van der Waals surface area contributed by atoms with E-state index >= 15 is 0 Å². The molecule has 0 aromatic heterocycles. The highest BCUT2D eigenvalue weighted by Gasteiger charge is 2.03. The first kappa shape index (κ1) is 15.1. The summed E-state index contributed by atoms with van der Waals surface area (Å²) in [6, 6.07) is 16.8. The molecule has 0 saturated carbocycles. The molecule has 0 aliphatic carbocycles. The number of nitrogens with one attached hydrogen (secondary N) is 1. The SMILES string of the molecule is N#Cc1ccc(CCC(=O)NCc2ccc(Cl)cc2)cc1. The largest absolute Gasteiger partial charge is 0.352 e. The Bertz CT molecular complexity index is 642. The predicted octanol–water partition coefficient (Wildman–Crippen LogP) is 3.46. The van der Waals surface area contributed by atoms with E-state index in [1.807, 2.05) is 24.3 Å². The lowest BCUT2D eigenvalue weighted by molar-refractivity contribution is -0.121. The Balaban J connectivity index is 1.76. The molecule has 0 aliphatic heterocycles. The van der Waals surface area contributed by atoms with Crippen LogP contribution in [0.15, 0.2) is 48.5 Å². The predicted molar refractivity (Wildman–Crippen MR) is 82.8 cm³/mol. The summed E-state index contributed by atoms with van der Waals surface area (Å²) in [4.78, 5) is 11.8. The Morgan fingerprint density at radius 1 is 1.05 bits per heavy atom. The van der Waals surface area contributed by atoms with Gasteiger partial charge in [-0.3, -0.25) is 4.79 Å². The van der Waals surface area contributed by atoms with Crippen LogP contribution in [0.3, 0.4) is 0 Å². The molecule has 0 atom stereocenters. The molecule has 2 aromatic rings. The van der Waals surface area contributed by atoms with Gasteiger partial charge < -0.3 is 5.32 Å². The van der Waals surface area contributed by atoms with Gasteiger partial charge in [-0.15, -0.1) is 0 Å². The number of hydrogen-bond acceptors (Lipinski definition) is 2. The maximum atomic E-state index is 11.8. The Hall–Kier alpha value is -2.31. The van der Waals surface area contributed by atoms with Crippen molar-refractivity contribution in [2.24, 2.45) is 0 Å². The summed E-state index contributed by atoms with van der Waals surface area (Å²) in [6.07, 6.45) is 1.09. The molecule has 3 nitrogen and oxygen atoms in total. The number of nitrogens with zero attached hydrogens (tertiary/aromatic N) is 1. The van der Waals surface area contributed by atoms with Crippen LogP contribution in [0.25, 0.3) is 0 Å². The Morgan fingerprint density at radius 2 is 1.67 bits per heavy atom. The lowest BCUT2D eigenvalue weighted by Crippen LogP contribution is -2.22. The van der Waals surface area contributed by atoms with Crippen LogP contribution >= 0.6 is 11.6 Å². The molecular weight excluding hydrogens is 284 g/mol. The van der Waals surface area contributed by atoms with Crippen molar-refractivity contribution < 1.29 is 4.79 Å². The zero-order valence-corrected chi connectivity index (χ0v) is 12.2. The van der Waals surface area contributed by atoms with Gasteiger partial charge in [0.15, 0.2) is 0 Å². The summed E-state index contributed by atoms with van der Waals surface area (Å²) >= 11 is 5.81. The van der Waals surface area contributed by atoms with E-state index in [1.54, 1.807) is 24.3 Å². The summed E-state index contributed by atoms with van der Waals surface area (Å²) in [6.45, 7) is 0.503. The highest BCUT2D eigenvalue weighted by molar-refractivity contribution is 6.30. The highest BCUT2D eigenvalue weighted by atomic mass is 35.5. The van der Waals surface area contributed by atoms with Gasteiger partial charge >= 0.3 is 0 Å². The molecule has 2 rings (SSSR count). The van der Waals surface area contributed by atoms with Gasteiger partial charge in [-0.05, 0) is 41.8 Å². The fourth-order valence-electron chi connectivity index (χ4n) is 1.90. The van der Waals surface area contributed by atoms with Gasteiger partial charge in [0.25, 0.3) is 0 Å². The minimum Gasteiger partial charge on any atom is -0.352 e. The topological polar surface area (TPSA) is 52.9 Å². The van der Waals surface area contributed by atoms with Crippen molar-refractivity contribution in [2.45, 2.75) is 19.4 Å². The summed E-state index contributed by atoms with van der Waals surface area (Å²) in [5.74, 6) is 0.00862. The third-order valence-electron chi connectivity index (χ3n) is 3.13. The number of aryl methyl sites for hydroxylation is 1. The zero-order valence-electron chi connectivity index (χ0n) is 11.5. The second-order valence-electron chi connectivity index (χ2n) is 4.71. The number of carbonyl (C=O) groups is 1. The molecule has 0 fully saturated rings. The molecular formula is C17H15ClN2O. The van der Waals surface area contributed by atoms with Crippen LogP contribution in [0, 0.1) is 11.3 Å². The van der Waals surface area contributed by atoms with E-state index in [-0.39, 0.29) is 5.91 Å². The second-order valence-corrected chi connectivity index (χ2v) is 5.15. The van der Waals surface area contributed by atoms with Crippen LogP contribution in [-0.4, -0.2) is 5.91 Å². The monoisotopic (exact) mass is 298 g/mol. The van der Waals surface area contributed by atoms with Gasteiger partial charge in [0.2, 0.25) is 5.91 Å². The van der Waals surface area contributed by atoms with Gasteiger partial charge in [0, 0.05) is 18.0 Å². The summed E-state index contributed by atoms with van der Waals surface area (Å²) < 4.78 is 0. The first-order valence-electron chi connectivity index (χ1n) is 6.67.